The van der Waals surface area contributed by atoms with Crippen molar-refractivity contribution in [2.45, 2.75) is 84.6 Å². The van der Waals surface area contributed by atoms with Gasteiger partial charge in [0.25, 0.3) is 0 Å². The second kappa shape index (κ2) is 15.2. The predicted octanol–water partition coefficient (Wildman–Crippen LogP) is 4.31. The Morgan fingerprint density at radius 1 is 0.857 bits per heavy atom. The molecule has 4 N–H and O–H groups in total. The quantitative estimate of drug-likeness (QED) is 0.208. The number of methoxy groups -OCH3 is 2. The molecule has 0 unspecified atom stereocenters. The van der Waals surface area contributed by atoms with E-state index in [4.69, 9.17) is 28.1 Å². The molecule has 0 spiro atoms. The molecule has 3 rings (SSSR count). The van der Waals surface area contributed by atoms with E-state index in [1.54, 1.807) is 41.5 Å². The number of ether oxygens (including phenoxy) is 5. The predicted molar refractivity (Wildman–Crippen MR) is 176 cm³/mol. The van der Waals surface area contributed by atoms with Crippen LogP contribution in [0.25, 0.3) is 22.3 Å². The van der Waals surface area contributed by atoms with Crippen LogP contribution >= 0.6 is 0 Å². The van der Waals surface area contributed by atoms with E-state index in [-0.39, 0.29) is 58.1 Å². The average molecular weight is 687 g/mol. The number of hydrogen-bond donors (Lipinski definition) is 4. The van der Waals surface area contributed by atoms with Gasteiger partial charge in [-0.2, -0.15) is 0 Å². The zero-order valence-electron chi connectivity index (χ0n) is 28.8. The zero-order valence-corrected chi connectivity index (χ0v) is 28.8. The lowest BCUT2D eigenvalue weighted by molar-refractivity contribution is -0.160. The highest BCUT2D eigenvalue weighted by molar-refractivity contribution is 5.90. The van der Waals surface area contributed by atoms with Gasteiger partial charge in [0, 0.05) is 30.2 Å². The Morgan fingerprint density at radius 2 is 1.45 bits per heavy atom. The number of amides is 2. The summed E-state index contributed by atoms with van der Waals surface area (Å²) in [6.45, 7) is 11.4. The lowest BCUT2D eigenvalue weighted by Crippen LogP contribution is -2.52. The molecule has 3 aromatic rings. The standard InChI is InChI=1S/C34H42N2O13/c1-17(30(41)36-20(31(42)49-34(5,6)7)10-11-27(40)48-33(2,3)4)35-32(43)47-29-25(44-8)12-18(13-26(29)45-9)23-16-22(39)28-21(38)14-19(37)15-24(28)46-23/h12-17,20,37-38H,10-11H2,1-9H3,(H,35,43)(H,36,41)/t17-,20-/m0/s1. The van der Waals surface area contributed by atoms with Crippen LogP contribution in [0.4, 0.5) is 4.79 Å². The Hall–Kier alpha value is -5.47. The number of fused-ring (bicyclic) bond motifs is 1. The van der Waals surface area contributed by atoms with Gasteiger partial charge in [-0.05, 0) is 67.0 Å². The third-order valence-corrected chi connectivity index (χ3v) is 6.53. The van der Waals surface area contributed by atoms with Crippen molar-refractivity contribution in [2.24, 2.45) is 0 Å². The normalized spacial score (nSPS) is 12.8. The molecule has 0 aliphatic carbocycles. The third kappa shape index (κ3) is 10.5. The molecule has 0 aliphatic rings. The van der Waals surface area contributed by atoms with Gasteiger partial charge >= 0.3 is 18.0 Å². The molecule has 266 valence electrons. The van der Waals surface area contributed by atoms with Crippen molar-refractivity contribution in [2.75, 3.05) is 14.2 Å². The molecule has 0 fully saturated rings. The maximum atomic E-state index is 13.1. The van der Waals surface area contributed by atoms with Gasteiger partial charge < -0.3 is 48.9 Å². The fourth-order valence-corrected chi connectivity index (χ4v) is 4.46. The van der Waals surface area contributed by atoms with Crippen molar-refractivity contribution < 1.29 is 57.5 Å². The Morgan fingerprint density at radius 3 is 2.00 bits per heavy atom. The van der Waals surface area contributed by atoms with Gasteiger partial charge in [0.15, 0.2) is 16.9 Å². The van der Waals surface area contributed by atoms with Gasteiger partial charge in [-0.1, -0.05) is 0 Å². The molecule has 2 atom stereocenters. The number of esters is 2. The number of benzene rings is 2. The molecular weight excluding hydrogens is 644 g/mol. The van der Waals surface area contributed by atoms with E-state index >= 15 is 0 Å². The van der Waals surface area contributed by atoms with Gasteiger partial charge in [-0.3, -0.25) is 14.4 Å². The Labute approximate surface area is 282 Å². The van der Waals surface area contributed by atoms with E-state index in [1.165, 1.54) is 39.3 Å². The van der Waals surface area contributed by atoms with Crippen molar-refractivity contribution in [3.63, 3.8) is 0 Å². The van der Waals surface area contributed by atoms with E-state index in [0.29, 0.717) is 0 Å². The van der Waals surface area contributed by atoms with Gasteiger partial charge in [-0.15, -0.1) is 0 Å². The molecule has 15 heteroatoms. The Kier molecular flexibility index (Phi) is 11.8. The molecule has 49 heavy (non-hydrogen) atoms. The van der Waals surface area contributed by atoms with E-state index in [1.807, 2.05) is 0 Å². The smallest absolute Gasteiger partial charge is 0.413 e. The van der Waals surface area contributed by atoms with Crippen molar-refractivity contribution in [1.29, 1.82) is 0 Å². The first kappa shape index (κ1) is 38.0. The summed E-state index contributed by atoms with van der Waals surface area (Å²) >= 11 is 0. The van der Waals surface area contributed by atoms with Crippen LogP contribution in [0, 0.1) is 0 Å². The van der Waals surface area contributed by atoms with Crippen LogP contribution in [-0.4, -0.2) is 71.7 Å². The number of nitrogens with one attached hydrogen (secondary N) is 2. The molecule has 1 aromatic heterocycles. The van der Waals surface area contributed by atoms with Crippen molar-refractivity contribution in [3.05, 3.63) is 40.6 Å². The number of hydrogen-bond acceptors (Lipinski definition) is 13. The van der Waals surface area contributed by atoms with Crippen molar-refractivity contribution in [1.82, 2.24) is 10.6 Å². The summed E-state index contributed by atoms with van der Waals surface area (Å²) in [5.41, 5.74) is -2.02. The topological polar surface area (TPSA) is 209 Å². The number of phenols is 2. The van der Waals surface area contributed by atoms with E-state index in [0.717, 1.165) is 12.1 Å². The molecule has 0 bridgehead atoms. The lowest BCUT2D eigenvalue weighted by atomic mass is 10.1. The van der Waals surface area contributed by atoms with E-state index in [9.17, 15) is 34.2 Å². The van der Waals surface area contributed by atoms with Gasteiger partial charge in [-0.25, -0.2) is 9.59 Å². The number of phenolic OH excluding ortho intramolecular Hbond substituents is 2. The van der Waals surface area contributed by atoms with Crippen molar-refractivity contribution in [3.8, 4) is 40.1 Å². The minimum Gasteiger partial charge on any atom is -0.508 e. The second-order valence-corrected chi connectivity index (χ2v) is 13.0. The van der Waals surface area contributed by atoms with Gasteiger partial charge in [0.2, 0.25) is 11.7 Å². The molecule has 1 heterocycles. The highest BCUT2D eigenvalue weighted by Gasteiger charge is 2.30. The van der Waals surface area contributed by atoms with Crippen LogP contribution in [0.1, 0.15) is 61.3 Å². The average Bonchev–Trinajstić information content (AvgIpc) is 2.96. The Balaban J connectivity index is 1.79. The molecule has 0 saturated carbocycles. The number of carbonyl (C=O) groups excluding carboxylic acids is 4. The molecule has 15 nitrogen and oxygen atoms in total. The summed E-state index contributed by atoms with van der Waals surface area (Å²) in [5.74, 6) is -3.08. The lowest BCUT2D eigenvalue weighted by Gasteiger charge is -2.26. The highest BCUT2D eigenvalue weighted by atomic mass is 16.6. The summed E-state index contributed by atoms with van der Waals surface area (Å²) in [7, 11) is 2.58. The number of aromatic hydroxyl groups is 2. The van der Waals surface area contributed by atoms with Crippen LogP contribution in [0.15, 0.2) is 39.5 Å². The van der Waals surface area contributed by atoms with Crippen LogP contribution in [0.2, 0.25) is 0 Å². The first-order valence-electron chi connectivity index (χ1n) is 15.2. The summed E-state index contributed by atoms with van der Waals surface area (Å²) in [6, 6.07) is 3.64. The summed E-state index contributed by atoms with van der Waals surface area (Å²) < 4.78 is 32.7. The summed E-state index contributed by atoms with van der Waals surface area (Å²) in [4.78, 5) is 63.9. The van der Waals surface area contributed by atoms with Crippen LogP contribution in [0.3, 0.4) is 0 Å². The number of rotatable bonds is 11. The molecule has 0 aliphatic heterocycles. The zero-order chi connectivity index (χ0) is 36.8. The van der Waals surface area contributed by atoms with Crippen molar-refractivity contribution >= 4 is 34.9 Å². The monoisotopic (exact) mass is 686 g/mol. The number of carbonyl (C=O) groups is 4. The summed E-state index contributed by atoms with van der Waals surface area (Å²) in [5, 5.41) is 24.7. The first-order chi connectivity index (χ1) is 22.7. The molecule has 0 saturated heterocycles. The largest absolute Gasteiger partial charge is 0.508 e. The van der Waals surface area contributed by atoms with Gasteiger partial charge in [0.05, 0.1) is 14.2 Å². The maximum Gasteiger partial charge on any atom is 0.413 e. The Bertz CT molecular complexity index is 1760. The van der Waals surface area contributed by atoms with Gasteiger partial charge in [0.1, 0.15) is 51.5 Å². The van der Waals surface area contributed by atoms with Crippen LogP contribution in [0.5, 0.6) is 28.7 Å². The van der Waals surface area contributed by atoms with Crippen LogP contribution in [-0.2, 0) is 23.9 Å². The third-order valence-electron chi connectivity index (χ3n) is 6.53. The SMILES string of the molecule is COc1cc(-c2cc(=O)c3c(O)cc(O)cc3o2)cc(OC)c1OC(=O)N[C@@H](C)C(=O)N[C@@H](CCC(=O)OC(C)(C)C)C(=O)OC(C)(C)C. The molecular formula is C34H42N2O13. The molecule has 2 aromatic carbocycles. The van der Waals surface area contributed by atoms with E-state index < -0.39 is 58.4 Å². The summed E-state index contributed by atoms with van der Waals surface area (Å²) in [6.07, 6.45) is -1.39. The molecule has 0 radical (unpaired) electrons. The highest BCUT2D eigenvalue weighted by Crippen LogP contribution is 2.42. The first-order valence-corrected chi connectivity index (χ1v) is 15.2. The molecule has 2 amide bonds. The fourth-order valence-electron chi connectivity index (χ4n) is 4.46. The minimum atomic E-state index is -1.23. The maximum absolute atomic E-state index is 13.1. The van der Waals surface area contributed by atoms with Crippen LogP contribution < -0.4 is 30.3 Å². The minimum absolute atomic E-state index is 0.0183. The van der Waals surface area contributed by atoms with E-state index in [2.05, 4.69) is 10.6 Å². The fraction of sp³-hybridized carbons (Fsp3) is 0.441. The second-order valence-electron chi connectivity index (χ2n) is 13.0.